The molecule has 94 valence electrons. The molecule has 0 aliphatic heterocycles. The first kappa shape index (κ1) is 12.5. The van der Waals surface area contributed by atoms with Crippen molar-refractivity contribution in [2.45, 2.75) is 32.2 Å². The lowest BCUT2D eigenvalue weighted by Crippen LogP contribution is -2.16. The molecule has 1 aromatic heterocycles. The minimum absolute atomic E-state index is 0.497. The minimum atomic E-state index is 0.497. The van der Waals surface area contributed by atoms with Crippen LogP contribution in [0.1, 0.15) is 34.9 Å². The summed E-state index contributed by atoms with van der Waals surface area (Å²) < 4.78 is 1.33. The molecule has 1 heterocycles. The number of anilines is 1. The minimum Gasteiger partial charge on any atom is -0.378 e. The van der Waals surface area contributed by atoms with E-state index in [0.717, 1.165) is 0 Å². The second-order valence-electron chi connectivity index (χ2n) is 4.80. The first-order chi connectivity index (χ1) is 8.75. The van der Waals surface area contributed by atoms with Crippen molar-refractivity contribution in [3.63, 3.8) is 0 Å². The fourth-order valence-electron chi connectivity index (χ4n) is 2.59. The van der Waals surface area contributed by atoms with E-state index in [9.17, 15) is 0 Å². The van der Waals surface area contributed by atoms with Gasteiger partial charge in [-0.2, -0.15) is 0 Å². The van der Waals surface area contributed by atoms with Gasteiger partial charge in [0, 0.05) is 14.1 Å². The highest BCUT2D eigenvalue weighted by molar-refractivity contribution is 14.1. The fourth-order valence-corrected chi connectivity index (χ4v) is 4.07. The summed E-state index contributed by atoms with van der Waals surface area (Å²) in [6, 6.07) is 9.28. The van der Waals surface area contributed by atoms with Gasteiger partial charge in [0.25, 0.3) is 0 Å². The Morgan fingerprint density at radius 1 is 1.33 bits per heavy atom. The highest BCUT2D eigenvalue weighted by Crippen LogP contribution is 2.36. The first-order valence-corrected chi connectivity index (χ1v) is 8.29. The standard InChI is InChI=1S/C15H16INS/c1-10-12(16)4-2-5-13(10)17-14-6-3-7-15-11(14)8-9-18-15/h2,4-5,8-9,14,17H,3,6-7H2,1H3. The monoisotopic (exact) mass is 369 g/mol. The van der Waals surface area contributed by atoms with Crippen molar-refractivity contribution in [2.75, 3.05) is 5.32 Å². The third kappa shape index (κ3) is 2.30. The summed E-state index contributed by atoms with van der Waals surface area (Å²) in [6.07, 6.45) is 3.80. The van der Waals surface area contributed by atoms with E-state index in [4.69, 9.17) is 0 Å². The Kier molecular flexibility index (Phi) is 3.61. The van der Waals surface area contributed by atoms with Gasteiger partial charge in [0.1, 0.15) is 0 Å². The second-order valence-corrected chi connectivity index (χ2v) is 6.96. The van der Waals surface area contributed by atoms with E-state index in [1.54, 1.807) is 4.88 Å². The summed E-state index contributed by atoms with van der Waals surface area (Å²) in [5.41, 5.74) is 4.16. The highest BCUT2D eigenvalue weighted by Gasteiger charge is 2.21. The van der Waals surface area contributed by atoms with Gasteiger partial charge in [-0.15, -0.1) is 11.3 Å². The molecule has 1 atom stereocenters. The molecular formula is C15H16INS. The Morgan fingerprint density at radius 3 is 3.11 bits per heavy atom. The SMILES string of the molecule is Cc1c(I)cccc1NC1CCCc2sccc21. The molecule has 1 aromatic carbocycles. The number of rotatable bonds is 2. The maximum atomic E-state index is 3.73. The number of hydrogen-bond donors (Lipinski definition) is 1. The van der Waals surface area contributed by atoms with Crippen LogP contribution in [0.3, 0.4) is 0 Å². The summed E-state index contributed by atoms with van der Waals surface area (Å²) >= 11 is 4.31. The molecule has 0 amide bonds. The summed E-state index contributed by atoms with van der Waals surface area (Å²) in [4.78, 5) is 1.57. The van der Waals surface area contributed by atoms with Gasteiger partial charge in [0.05, 0.1) is 6.04 Å². The van der Waals surface area contributed by atoms with E-state index >= 15 is 0 Å². The third-order valence-corrected chi connectivity index (χ3v) is 5.81. The Labute approximate surface area is 126 Å². The van der Waals surface area contributed by atoms with Crippen LogP contribution in [0.15, 0.2) is 29.6 Å². The second kappa shape index (κ2) is 5.21. The van der Waals surface area contributed by atoms with Crippen LogP contribution >= 0.6 is 33.9 Å². The first-order valence-electron chi connectivity index (χ1n) is 6.33. The molecular weight excluding hydrogens is 353 g/mol. The molecule has 0 saturated carbocycles. The number of hydrogen-bond acceptors (Lipinski definition) is 2. The van der Waals surface area contributed by atoms with Crippen molar-refractivity contribution < 1.29 is 0 Å². The van der Waals surface area contributed by atoms with E-state index < -0.39 is 0 Å². The van der Waals surface area contributed by atoms with Crippen LogP contribution in [0.25, 0.3) is 0 Å². The number of fused-ring (bicyclic) bond motifs is 1. The van der Waals surface area contributed by atoms with Crippen molar-refractivity contribution in [2.24, 2.45) is 0 Å². The summed E-state index contributed by atoms with van der Waals surface area (Å²) in [5, 5.41) is 5.96. The lowest BCUT2D eigenvalue weighted by molar-refractivity contribution is 0.608. The number of thiophene rings is 1. The summed E-state index contributed by atoms with van der Waals surface area (Å²) in [6.45, 7) is 2.20. The Morgan fingerprint density at radius 2 is 2.22 bits per heavy atom. The number of benzene rings is 1. The van der Waals surface area contributed by atoms with E-state index in [1.165, 1.54) is 39.6 Å². The summed E-state index contributed by atoms with van der Waals surface area (Å²) in [5.74, 6) is 0. The smallest absolute Gasteiger partial charge is 0.0525 e. The highest BCUT2D eigenvalue weighted by atomic mass is 127. The molecule has 0 spiro atoms. The van der Waals surface area contributed by atoms with Crippen molar-refractivity contribution in [1.29, 1.82) is 0 Å². The fraction of sp³-hybridized carbons (Fsp3) is 0.333. The molecule has 0 bridgehead atoms. The van der Waals surface area contributed by atoms with E-state index in [1.807, 2.05) is 11.3 Å². The van der Waals surface area contributed by atoms with Gasteiger partial charge in [0.2, 0.25) is 0 Å². The van der Waals surface area contributed by atoms with Crippen molar-refractivity contribution in [3.05, 3.63) is 49.2 Å². The van der Waals surface area contributed by atoms with Gasteiger partial charge in [-0.1, -0.05) is 6.07 Å². The van der Waals surface area contributed by atoms with Crippen LogP contribution in [0.2, 0.25) is 0 Å². The zero-order valence-corrected chi connectivity index (χ0v) is 13.3. The molecule has 1 aliphatic rings. The average Bonchev–Trinajstić information content (AvgIpc) is 2.84. The van der Waals surface area contributed by atoms with Gasteiger partial charge < -0.3 is 5.32 Å². The Balaban J connectivity index is 1.88. The molecule has 3 rings (SSSR count). The Bertz CT molecular complexity index is 561. The van der Waals surface area contributed by atoms with Crippen LogP contribution in [0, 0.1) is 10.5 Å². The molecule has 1 N–H and O–H groups in total. The molecule has 1 unspecified atom stereocenters. The largest absolute Gasteiger partial charge is 0.378 e. The van der Waals surface area contributed by atoms with Crippen LogP contribution in [0.5, 0.6) is 0 Å². The van der Waals surface area contributed by atoms with Gasteiger partial charge in [-0.05, 0) is 83.5 Å². The number of halogens is 1. The molecule has 0 fully saturated rings. The molecule has 0 radical (unpaired) electrons. The maximum Gasteiger partial charge on any atom is 0.0525 e. The van der Waals surface area contributed by atoms with Gasteiger partial charge in [-0.3, -0.25) is 0 Å². The molecule has 2 aromatic rings. The average molecular weight is 369 g/mol. The van der Waals surface area contributed by atoms with E-state index in [0.29, 0.717) is 6.04 Å². The van der Waals surface area contributed by atoms with Gasteiger partial charge in [-0.25, -0.2) is 0 Å². The zero-order chi connectivity index (χ0) is 12.5. The van der Waals surface area contributed by atoms with Gasteiger partial charge >= 0.3 is 0 Å². The maximum absolute atomic E-state index is 3.73. The molecule has 18 heavy (non-hydrogen) atoms. The molecule has 1 aliphatic carbocycles. The normalized spacial score (nSPS) is 18.4. The third-order valence-electron chi connectivity index (χ3n) is 3.65. The molecule has 0 saturated heterocycles. The number of nitrogens with one attached hydrogen (secondary N) is 1. The van der Waals surface area contributed by atoms with E-state index in [2.05, 4.69) is 64.5 Å². The Hall–Kier alpha value is -0.550. The van der Waals surface area contributed by atoms with Crippen LogP contribution in [-0.2, 0) is 6.42 Å². The topological polar surface area (TPSA) is 12.0 Å². The predicted molar refractivity (Wildman–Crippen MR) is 87.5 cm³/mol. The van der Waals surface area contributed by atoms with Crippen molar-refractivity contribution in [1.82, 2.24) is 0 Å². The van der Waals surface area contributed by atoms with E-state index in [-0.39, 0.29) is 0 Å². The van der Waals surface area contributed by atoms with Crippen LogP contribution in [-0.4, -0.2) is 0 Å². The van der Waals surface area contributed by atoms with Crippen LogP contribution < -0.4 is 5.32 Å². The lowest BCUT2D eigenvalue weighted by atomic mass is 9.93. The quantitative estimate of drug-likeness (QED) is 0.722. The number of aryl methyl sites for hydroxylation is 1. The molecule has 1 nitrogen and oxygen atoms in total. The molecule has 3 heteroatoms. The van der Waals surface area contributed by atoms with Crippen molar-refractivity contribution >= 4 is 39.6 Å². The van der Waals surface area contributed by atoms with Crippen molar-refractivity contribution in [3.8, 4) is 0 Å². The van der Waals surface area contributed by atoms with Gasteiger partial charge in [0.15, 0.2) is 0 Å². The lowest BCUT2D eigenvalue weighted by Gasteiger charge is -2.25. The zero-order valence-electron chi connectivity index (χ0n) is 10.4. The van der Waals surface area contributed by atoms with Crippen LogP contribution in [0.4, 0.5) is 5.69 Å². The predicted octanol–water partition coefficient (Wildman–Crippen LogP) is 5.15. The summed E-state index contributed by atoms with van der Waals surface area (Å²) in [7, 11) is 0.